The van der Waals surface area contributed by atoms with Gasteiger partial charge in [0.05, 0.1) is 36.5 Å². The Morgan fingerprint density at radius 2 is 1.79 bits per heavy atom. The van der Waals surface area contributed by atoms with Gasteiger partial charge >= 0.3 is 5.97 Å². The zero-order valence-corrected chi connectivity index (χ0v) is 27.8. The van der Waals surface area contributed by atoms with Crippen molar-refractivity contribution in [2.75, 3.05) is 21.3 Å². The van der Waals surface area contributed by atoms with Gasteiger partial charge in [-0.2, -0.15) is 0 Å². The largest absolute Gasteiger partial charge is 0.496 e. The maximum absolute atomic E-state index is 13.9. The van der Waals surface area contributed by atoms with Crippen LogP contribution >= 0.6 is 35.1 Å². The summed E-state index contributed by atoms with van der Waals surface area (Å²) in [5.41, 5.74) is 3.35. The molecule has 2 aliphatic rings. The highest BCUT2D eigenvalue weighted by atomic mass is 35.5. The first kappa shape index (κ1) is 31.6. The van der Waals surface area contributed by atoms with Gasteiger partial charge in [0.25, 0.3) is 5.91 Å². The predicted octanol–water partition coefficient (Wildman–Crippen LogP) is 7.24. The molecule has 2 unspecified atom stereocenters. The number of rotatable bonds is 8. The molecular weight excluding hydrogens is 606 g/mol. The van der Waals surface area contributed by atoms with E-state index in [0.29, 0.717) is 32.6 Å². The van der Waals surface area contributed by atoms with Gasteiger partial charge in [-0.15, -0.1) is 11.8 Å². The van der Waals surface area contributed by atoms with Crippen LogP contribution in [0.15, 0.2) is 35.3 Å². The van der Waals surface area contributed by atoms with Crippen LogP contribution in [-0.2, 0) is 21.6 Å². The van der Waals surface area contributed by atoms with E-state index in [1.807, 2.05) is 49.9 Å². The lowest BCUT2D eigenvalue weighted by atomic mass is 9.93. The molecule has 8 nitrogen and oxygen atoms in total. The van der Waals surface area contributed by atoms with Gasteiger partial charge in [0.1, 0.15) is 29.3 Å². The van der Waals surface area contributed by atoms with Crippen LogP contribution in [0.1, 0.15) is 66.2 Å². The highest BCUT2D eigenvalue weighted by Gasteiger charge is 2.47. The van der Waals surface area contributed by atoms with E-state index in [2.05, 4.69) is 12.2 Å². The van der Waals surface area contributed by atoms with Gasteiger partial charge in [0.15, 0.2) is 5.17 Å². The van der Waals surface area contributed by atoms with Crippen molar-refractivity contribution in [1.29, 1.82) is 0 Å². The first-order chi connectivity index (χ1) is 20.6. The highest BCUT2D eigenvalue weighted by molar-refractivity contribution is 8.25. The first-order valence-corrected chi connectivity index (χ1v) is 16.6. The number of methoxy groups -OCH3 is 3. The van der Waals surface area contributed by atoms with Crippen LogP contribution in [-0.4, -0.2) is 52.8 Å². The number of aryl methyl sites for hydroxylation is 2. The molecule has 3 aromatic rings. The lowest BCUT2D eigenvalue weighted by Crippen LogP contribution is -2.30. The Labute approximate surface area is 266 Å². The Morgan fingerprint density at radius 3 is 2.47 bits per heavy atom. The third-order valence-corrected chi connectivity index (χ3v) is 11.8. The molecule has 2 aromatic carbocycles. The molecular formula is C32H38ClN3O5S2. The summed E-state index contributed by atoms with van der Waals surface area (Å²) in [6.45, 7) is 5.99. The number of amidine groups is 1. The number of ether oxygens (including phenoxy) is 3. The molecule has 0 spiro atoms. The molecule has 1 aliphatic heterocycles. The molecule has 2 heterocycles. The topological polar surface area (TPSA) is 91.2 Å². The van der Waals surface area contributed by atoms with Crippen molar-refractivity contribution in [2.24, 2.45) is 4.99 Å². The number of esters is 1. The zero-order chi connectivity index (χ0) is 30.9. The number of halogens is 1. The first-order valence-electron chi connectivity index (χ1n) is 14.4. The zero-order valence-electron chi connectivity index (χ0n) is 25.4. The summed E-state index contributed by atoms with van der Waals surface area (Å²) in [5.74, 6) is 0.383. The Hall–Kier alpha value is -2.82. The molecule has 1 aromatic heterocycles. The molecule has 0 radical (unpaired) electrons. The van der Waals surface area contributed by atoms with E-state index in [9.17, 15) is 9.59 Å². The number of nitrogens with one attached hydrogen (secondary N) is 1. The number of hydrogen-bond donors (Lipinski definition) is 1. The van der Waals surface area contributed by atoms with Crippen molar-refractivity contribution in [3.8, 4) is 11.5 Å². The highest BCUT2D eigenvalue weighted by Crippen LogP contribution is 2.54. The van der Waals surface area contributed by atoms with Gasteiger partial charge in [0, 0.05) is 22.3 Å². The quantitative estimate of drug-likeness (QED) is 0.259. The summed E-state index contributed by atoms with van der Waals surface area (Å²) < 4.78 is 18.0. The maximum Gasteiger partial charge on any atom is 0.325 e. The molecule has 0 bridgehead atoms. The Bertz CT molecular complexity index is 1580. The number of fused-ring (bicyclic) bond motifs is 1. The third kappa shape index (κ3) is 6.37. The van der Waals surface area contributed by atoms with Crippen LogP contribution in [0.3, 0.4) is 0 Å². The van der Waals surface area contributed by atoms with Gasteiger partial charge in [-0.05, 0) is 57.4 Å². The molecule has 11 heteroatoms. The fraction of sp³-hybridized carbons (Fsp3) is 0.469. The van der Waals surface area contributed by atoms with Crippen molar-refractivity contribution >= 4 is 63.1 Å². The fourth-order valence-electron chi connectivity index (χ4n) is 6.07. The number of aromatic nitrogens is 1. The van der Waals surface area contributed by atoms with Crippen LogP contribution in [0.5, 0.6) is 11.5 Å². The van der Waals surface area contributed by atoms with E-state index in [1.165, 1.54) is 26.4 Å². The molecule has 230 valence electrons. The summed E-state index contributed by atoms with van der Waals surface area (Å²) in [7, 11) is 4.55. The van der Waals surface area contributed by atoms with Crippen LogP contribution < -0.4 is 14.8 Å². The normalized spacial score (nSPS) is 20.6. The van der Waals surface area contributed by atoms with E-state index < -0.39 is 11.5 Å². The van der Waals surface area contributed by atoms with Crippen molar-refractivity contribution in [2.45, 2.75) is 74.8 Å². The van der Waals surface area contributed by atoms with Gasteiger partial charge in [-0.25, -0.2) is 4.99 Å². The molecule has 1 N–H and O–H groups in total. The number of hydrogen-bond acceptors (Lipinski definition) is 8. The summed E-state index contributed by atoms with van der Waals surface area (Å²) in [4.78, 5) is 31.5. The van der Waals surface area contributed by atoms with Crippen molar-refractivity contribution < 1.29 is 23.8 Å². The van der Waals surface area contributed by atoms with Crippen LogP contribution in [0.2, 0.25) is 5.02 Å². The number of thioether (sulfide) groups is 2. The van der Waals surface area contributed by atoms with Gasteiger partial charge < -0.3 is 18.8 Å². The van der Waals surface area contributed by atoms with E-state index in [1.54, 1.807) is 36.6 Å². The van der Waals surface area contributed by atoms with E-state index in [4.69, 9.17) is 30.8 Å². The minimum absolute atomic E-state index is 0.0310. The van der Waals surface area contributed by atoms with Crippen LogP contribution in [0.4, 0.5) is 0 Å². The average Bonchev–Trinajstić information content (AvgIpc) is 3.50. The number of nitrogens with zero attached hydrogens (tertiary/aromatic N) is 2. The number of aliphatic imine (C=N–C) groups is 1. The minimum Gasteiger partial charge on any atom is -0.496 e. The van der Waals surface area contributed by atoms with Crippen molar-refractivity contribution in [1.82, 2.24) is 9.88 Å². The molecule has 0 saturated heterocycles. The van der Waals surface area contributed by atoms with Crippen molar-refractivity contribution in [3.63, 3.8) is 0 Å². The van der Waals surface area contributed by atoms with Crippen LogP contribution in [0, 0.1) is 13.8 Å². The van der Waals surface area contributed by atoms with Gasteiger partial charge in [-0.3, -0.25) is 14.9 Å². The minimum atomic E-state index is -0.745. The second-order valence-corrected chi connectivity index (χ2v) is 14.5. The second-order valence-electron chi connectivity index (χ2n) is 11.3. The number of benzene rings is 2. The molecule has 1 amide bonds. The summed E-state index contributed by atoms with van der Waals surface area (Å²) >= 11 is 9.93. The Balaban J connectivity index is 1.54. The second kappa shape index (κ2) is 13.0. The molecule has 5 rings (SSSR count). The summed E-state index contributed by atoms with van der Waals surface area (Å²) in [6.07, 6.45) is 6.03. The Kier molecular flexibility index (Phi) is 9.58. The third-order valence-electron chi connectivity index (χ3n) is 8.19. The predicted molar refractivity (Wildman–Crippen MR) is 176 cm³/mol. The molecule has 1 saturated carbocycles. The SMILES string of the molecule is COC(=O)Cn1c(C(=O)NC2=NC(C)(c3cc(OC)c(Cl)cc3OC)C(SC3CCCCC3)S2)cc2cc(C)cc(C)c21. The van der Waals surface area contributed by atoms with Crippen molar-refractivity contribution in [3.05, 3.63) is 57.7 Å². The van der Waals surface area contributed by atoms with E-state index in [-0.39, 0.29) is 17.0 Å². The standard InChI is InChI=1S/C32H38ClN3O5S2/c1-18-12-19(2)28-20(13-18)14-24(36(28)17-27(37)41-6)29(38)34-31-35-32(3,30(43-31)42-21-10-8-7-9-11-21)22-15-26(40-5)23(33)16-25(22)39-4/h12-16,21,30H,7-11,17H2,1-6H3,(H,34,35,38). The monoisotopic (exact) mass is 643 g/mol. The van der Waals surface area contributed by atoms with E-state index in [0.717, 1.165) is 40.4 Å². The van der Waals surface area contributed by atoms with Crippen LogP contribution in [0.25, 0.3) is 10.9 Å². The molecule has 1 aliphatic carbocycles. The number of amides is 1. The summed E-state index contributed by atoms with van der Waals surface area (Å²) in [5, 5.41) is 5.44. The fourth-order valence-corrected chi connectivity index (χ4v) is 9.67. The lowest BCUT2D eigenvalue weighted by Gasteiger charge is -2.33. The van der Waals surface area contributed by atoms with E-state index >= 15 is 0 Å². The van der Waals surface area contributed by atoms with Gasteiger partial charge in [0.2, 0.25) is 0 Å². The molecule has 43 heavy (non-hydrogen) atoms. The summed E-state index contributed by atoms with van der Waals surface area (Å²) in [6, 6.07) is 9.54. The Morgan fingerprint density at radius 1 is 1.07 bits per heavy atom. The number of carbonyl (C=O) groups excluding carboxylic acids is 2. The average molecular weight is 644 g/mol. The maximum atomic E-state index is 13.9. The number of carbonyl (C=O) groups is 2. The van der Waals surface area contributed by atoms with Gasteiger partial charge in [-0.1, -0.05) is 54.3 Å². The lowest BCUT2D eigenvalue weighted by molar-refractivity contribution is -0.141. The molecule has 1 fully saturated rings. The smallest absolute Gasteiger partial charge is 0.325 e. The molecule has 2 atom stereocenters.